The van der Waals surface area contributed by atoms with E-state index in [1.807, 2.05) is 0 Å². The van der Waals surface area contributed by atoms with Crippen LogP contribution in [-0.2, 0) is 9.53 Å². The number of carbonyl (C=O) groups is 1. The molecule has 0 aliphatic heterocycles. The third-order valence-corrected chi connectivity index (χ3v) is 5.10. The van der Waals surface area contributed by atoms with Gasteiger partial charge in [-0.2, -0.15) is 0 Å². The fourth-order valence-corrected chi connectivity index (χ4v) is 3.82. The van der Waals surface area contributed by atoms with Gasteiger partial charge >= 0.3 is 5.97 Å². The van der Waals surface area contributed by atoms with Crippen LogP contribution in [0.1, 0.15) is 65.2 Å². The van der Waals surface area contributed by atoms with Crippen molar-refractivity contribution in [2.45, 2.75) is 76.8 Å². The molecule has 0 bridgehead atoms. The van der Waals surface area contributed by atoms with Crippen molar-refractivity contribution in [2.24, 2.45) is 5.41 Å². The van der Waals surface area contributed by atoms with E-state index in [-0.39, 0.29) is 11.4 Å². The third kappa shape index (κ3) is 2.29. The molecule has 18 heavy (non-hydrogen) atoms. The Bertz CT molecular complexity index is 308. The monoisotopic (exact) mass is 253 g/mol. The van der Waals surface area contributed by atoms with Gasteiger partial charge < -0.3 is 4.74 Å². The van der Waals surface area contributed by atoms with Crippen molar-refractivity contribution >= 4 is 5.97 Å². The van der Waals surface area contributed by atoms with Crippen molar-refractivity contribution < 1.29 is 9.53 Å². The number of nitrogens with one attached hydrogen (secondary N) is 1. The van der Waals surface area contributed by atoms with E-state index in [2.05, 4.69) is 19.2 Å². The summed E-state index contributed by atoms with van der Waals surface area (Å²) < 4.78 is 5.11. The lowest BCUT2D eigenvalue weighted by molar-refractivity contribution is -0.153. The van der Waals surface area contributed by atoms with Crippen LogP contribution in [-0.4, -0.2) is 24.7 Å². The van der Waals surface area contributed by atoms with Gasteiger partial charge in [-0.15, -0.1) is 0 Å². The first-order valence-corrected chi connectivity index (χ1v) is 7.38. The van der Waals surface area contributed by atoms with Gasteiger partial charge in [0.1, 0.15) is 5.54 Å². The van der Waals surface area contributed by atoms with Crippen LogP contribution in [0.5, 0.6) is 0 Å². The van der Waals surface area contributed by atoms with Crippen LogP contribution < -0.4 is 5.32 Å². The summed E-state index contributed by atoms with van der Waals surface area (Å²) in [5.41, 5.74) is -0.457. The fraction of sp³-hybridized carbons (Fsp3) is 0.933. The zero-order chi connectivity index (χ0) is 13.2. The van der Waals surface area contributed by atoms with Crippen molar-refractivity contribution in [1.82, 2.24) is 5.32 Å². The van der Waals surface area contributed by atoms with E-state index in [1.165, 1.54) is 39.2 Å². The number of carbonyl (C=O) groups excluding carboxylic acids is 1. The molecule has 3 heteroatoms. The summed E-state index contributed by atoms with van der Waals surface area (Å²) in [6, 6.07) is 0.496. The molecule has 2 aliphatic carbocycles. The molecule has 0 saturated heterocycles. The highest BCUT2D eigenvalue weighted by Crippen LogP contribution is 2.47. The Hall–Kier alpha value is -0.570. The molecule has 0 aromatic carbocycles. The van der Waals surface area contributed by atoms with Gasteiger partial charge in [0.25, 0.3) is 0 Å². The van der Waals surface area contributed by atoms with Crippen LogP contribution in [0.4, 0.5) is 0 Å². The van der Waals surface area contributed by atoms with Gasteiger partial charge in [-0.25, -0.2) is 0 Å². The maximum atomic E-state index is 12.3. The van der Waals surface area contributed by atoms with Crippen LogP contribution in [0.25, 0.3) is 0 Å². The van der Waals surface area contributed by atoms with Crippen LogP contribution in [0, 0.1) is 5.41 Å². The van der Waals surface area contributed by atoms with Gasteiger partial charge in [0.05, 0.1) is 7.11 Å². The van der Waals surface area contributed by atoms with Gasteiger partial charge in [0.15, 0.2) is 0 Å². The highest BCUT2D eigenvalue weighted by molar-refractivity contribution is 5.82. The summed E-state index contributed by atoms with van der Waals surface area (Å²) in [7, 11) is 1.51. The summed E-state index contributed by atoms with van der Waals surface area (Å²) >= 11 is 0. The summed E-state index contributed by atoms with van der Waals surface area (Å²) in [4.78, 5) is 12.3. The molecule has 2 aliphatic rings. The Kier molecular flexibility index (Phi) is 4.00. The van der Waals surface area contributed by atoms with Gasteiger partial charge in [0, 0.05) is 6.04 Å². The maximum Gasteiger partial charge on any atom is 0.326 e. The predicted molar refractivity (Wildman–Crippen MR) is 72.4 cm³/mol. The zero-order valence-electron chi connectivity index (χ0n) is 12.1. The SMILES string of the molecule is COC(=O)C1(NC2CCCCC2)CCCC1(C)C. The van der Waals surface area contributed by atoms with Crippen molar-refractivity contribution in [1.29, 1.82) is 0 Å². The molecule has 2 fully saturated rings. The minimum atomic E-state index is -0.455. The smallest absolute Gasteiger partial charge is 0.326 e. The number of esters is 1. The molecule has 0 amide bonds. The summed E-state index contributed by atoms with van der Waals surface area (Å²) in [5.74, 6) is -0.0597. The van der Waals surface area contributed by atoms with Crippen LogP contribution in [0.15, 0.2) is 0 Å². The first-order valence-electron chi connectivity index (χ1n) is 7.38. The molecule has 0 aromatic heterocycles. The van der Waals surface area contributed by atoms with Crippen molar-refractivity contribution in [3.05, 3.63) is 0 Å². The third-order valence-electron chi connectivity index (χ3n) is 5.10. The molecule has 2 rings (SSSR count). The molecule has 1 unspecified atom stereocenters. The molecule has 0 radical (unpaired) electrons. The van der Waals surface area contributed by atoms with Crippen LogP contribution >= 0.6 is 0 Å². The average Bonchev–Trinajstić information content (AvgIpc) is 2.66. The molecule has 104 valence electrons. The van der Waals surface area contributed by atoms with E-state index in [0.717, 1.165) is 19.3 Å². The Labute approximate surface area is 111 Å². The second kappa shape index (κ2) is 5.20. The van der Waals surface area contributed by atoms with Gasteiger partial charge in [-0.3, -0.25) is 10.1 Å². The highest BCUT2D eigenvalue weighted by Gasteiger charge is 2.55. The largest absolute Gasteiger partial charge is 0.468 e. The summed E-state index contributed by atoms with van der Waals surface area (Å²) in [6.45, 7) is 4.40. The first-order chi connectivity index (χ1) is 8.52. The second-order valence-corrected chi connectivity index (χ2v) is 6.61. The lowest BCUT2D eigenvalue weighted by Crippen LogP contribution is -2.62. The van der Waals surface area contributed by atoms with E-state index in [0.29, 0.717) is 6.04 Å². The number of hydrogen-bond donors (Lipinski definition) is 1. The molecule has 1 atom stereocenters. The molecule has 1 N–H and O–H groups in total. The van der Waals surface area contributed by atoms with E-state index in [4.69, 9.17) is 4.74 Å². The molecule has 0 spiro atoms. The van der Waals surface area contributed by atoms with E-state index < -0.39 is 5.54 Å². The Balaban J connectivity index is 2.17. The number of methoxy groups -OCH3 is 1. The second-order valence-electron chi connectivity index (χ2n) is 6.61. The van der Waals surface area contributed by atoms with E-state index in [9.17, 15) is 4.79 Å². The molecular weight excluding hydrogens is 226 g/mol. The molecule has 2 saturated carbocycles. The Morgan fingerprint density at radius 2 is 1.78 bits per heavy atom. The highest BCUT2D eigenvalue weighted by atomic mass is 16.5. The Morgan fingerprint density at radius 3 is 2.28 bits per heavy atom. The van der Waals surface area contributed by atoms with Crippen molar-refractivity contribution in [2.75, 3.05) is 7.11 Å². The fourth-order valence-electron chi connectivity index (χ4n) is 3.82. The molecule has 0 aromatic rings. The topological polar surface area (TPSA) is 38.3 Å². The van der Waals surface area contributed by atoms with E-state index >= 15 is 0 Å². The first kappa shape index (κ1) is 13.9. The van der Waals surface area contributed by atoms with Crippen molar-refractivity contribution in [3.8, 4) is 0 Å². The molecule has 3 nitrogen and oxygen atoms in total. The lowest BCUT2D eigenvalue weighted by Gasteiger charge is -2.43. The number of hydrogen-bond acceptors (Lipinski definition) is 3. The van der Waals surface area contributed by atoms with Gasteiger partial charge in [-0.1, -0.05) is 39.5 Å². The van der Waals surface area contributed by atoms with Crippen molar-refractivity contribution in [3.63, 3.8) is 0 Å². The van der Waals surface area contributed by atoms with Crippen LogP contribution in [0.3, 0.4) is 0 Å². The quantitative estimate of drug-likeness (QED) is 0.786. The van der Waals surface area contributed by atoms with E-state index in [1.54, 1.807) is 0 Å². The summed E-state index contributed by atoms with van der Waals surface area (Å²) in [5, 5.41) is 3.70. The molecular formula is C15H27NO2. The molecule has 0 heterocycles. The zero-order valence-corrected chi connectivity index (χ0v) is 12.1. The van der Waals surface area contributed by atoms with Crippen LogP contribution in [0.2, 0.25) is 0 Å². The standard InChI is InChI=1S/C15H27NO2/c1-14(2)10-7-11-15(14,13(17)18-3)16-12-8-5-4-6-9-12/h12,16H,4-11H2,1-3H3. The normalized spacial score (nSPS) is 32.4. The minimum Gasteiger partial charge on any atom is -0.468 e. The minimum absolute atomic E-state index is 0.00244. The number of rotatable bonds is 3. The number of ether oxygens (including phenoxy) is 1. The lowest BCUT2D eigenvalue weighted by atomic mass is 9.73. The average molecular weight is 253 g/mol. The van der Waals surface area contributed by atoms with Gasteiger partial charge in [-0.05, 0) is 31.1 Å². The van der Waals surface area contributed by atoms with Gasteiger partial charge in [0.2, 0.25) is 0 Å². The predicted octanol–water partition coefficient (Wildman–Crippen LogP) is 3.03. The summed E-state index contributed by atoms with van der Waals surface area (Å²) in [6.07, 6.45) is 9.45. The maximum absolute atomic E-state index is 12.3. The Morgan fingerprint density at radius 1 is 1.11 bits per heavy atom.